The first-order chi connectivity index (χ1) is 10.7. The summed E-state index contributed by atoms with van der Waals surface area (Å²) in [5, 5.41) is 0. The van der Waals surface area contributed by atoms with Crippen LogP contribution in [0, 0.1) is 5.82 Å². The number of furan rings is 1. The minimum Gasteiger partial charge on any atom is -0.470 e. The summed E-state index contributed by atoms with van der Waals surface area (Å²) in [6.07, 6.45) is 3.56. The van der Waals surface area contributed by atoms with Gasteiger partial charge in [0.2, 0.25) is 5.82 Å². The van der Waals surface area contributed by atoms with E-state index >= 15 is 0 Å². The van der Waals surface area contributed by atoms with Gasteiger partial charge in [-0.3, -0.25) is 4.79 Å². The molecule has 1 amide bonds. The van der Waals surface area contributed by atoms with Crippen molar-refractivity contribution >= 4 is 5.91 Å². The maximum Gasteiger partial charge on any atom is 0.289 e. The van der Waals surface area contributed by atoms with Crippen LogP contribution in [0.15, 0.2) is 29.1 Å². The fourth-order valence-corrected chi connectivity index (χ4v) is 2.44. The average Bonchev–Trinajstić information content (AvgIpc) is 3.20. The van der Waals surface area contributed by atoms with E-state index in [0.29, 0.717) is 37.4 Å². The fourth-order valence-electron chi connectivity index (χ4n) is 2.44. The molecule has 0 aliphatic carbocycles. The number of likely N-dealkylation sites (tertiary alicyclic amines) is 1. The highest BCUT2D eigenvalue weighted by molar-refractivity contribution is 5.91. The Bertz CT molecular complexity index is 660. The highest BCUT2D eigenvalue weighted by atomic mass is 19.1. The van der Waals surface area contributed by atoms with Gasteiger partial charge < -0.3 is 14.1 Å². The summed E-state index contributed by atoms with van der Waals surface area (Å²) in [6.45, 7) is 2.73. The quantitative estimate of drug-likeness (QED) is 0.865. The topological polar surface area (TPSA) is 68.5 Å². The van der Waals surface area contributed by atoms with Gasteiger partial charge in [-0.1, -0.05) is 6.92 Å². The molecular weight excluding hydrogens is 289 g/mol. The van der Waals surface area contributed by atoms with Crippen LogP contribution in [-0.2, 0) is 6.42 Å². The highest BCUT2D eigenvalue weighted by Crippen LogP contribution is 2.22. The number of ether oxygens (including phenoxy) is 1. The Hall–Kier alpha value is -2.44. The summed E-state index contributed by atoms with van der Waals surface area (Å²) >= 11 is 0. The van der Waals surface area contributed by atoms with Crippen LogP contribution in [0.1, 0.15) is 29.6 Å². The number of rotatable bonds is 4. The number of halogens is 1. The number of amides is 1. The molecule has 6 nitrogen and oxygen atoms in total. The standard InChI is InChI=1S/C15H16FN3O3/c1-2-11-13(16)14(18-9-17-11)22-10-5-6-19(8-10)15(20)12-4-3-7-21-12/h3-4,7,9-10H,2,5-6,8H2,1H3/t10-/m1/s1. The number of hydrogen-bond donors (Lipinski definition) is 0. The molecule has 1 aliphatic heterocycles. The molecule has 3 heterocycles. The molecule has 0 unspecified atom stereocenters. The molecule has 1 saturated heterocycles. The van der Waals surface area contributed by atoms with Crippen LogP contribution in [-0.4, -0.2) is 40.0 Å². The first kappa shape index (κ1) is 14.5. The first-order valence-corrected chi connectivity index (χ1v) is 7.17. The van der Waals surface area contributed by atoms with Crippen LogP contribution in [0.25, 0.3) is 0 Å². The maximum atomic E-state index is 14.1. The van der Waals surface area contributed by atoms with Gasteiger partial charge in [-0.15, -0.1) is 0 Å². The predicted molar refractivity (Wildman–Crippen MR) is 75.0 cm³/mol. The third-order valence-corrected chi connectivity index (χ3v) is 3.61. The molecule has 0 bridgehead atoms. The Kier molecular flexibility index (Phi) is 4.04. The summed E-state index contributed by atoms with van der Waals surface area (Å²) in [5.74, 6) is -0.472. The summed E-state index contributed by atoms with van der Waals surface area (Å²) in [6, 6.07) is 3.29. The highest BCUT2D eigenvalue weighted by Gasteiger charge is 2.30. The molecule has 3 rings (SSSR count). The molecule has 1 aliphatic rings. The third kappa shape index (κ3) is 2.79. The van der Waals surface area contributed by atoms with Crippen LogP contribution in [0.2, 0.25) is 0 Å². The largest absolute Gasteiger partial charge is 0.470 e. The molecule has 0 spiro atoms. The van der Waals surface area contributed by atoms with Gasteiger partial charge in [0.1, 0.15) is 12.4 Å². The number of hydrogen-bond acceptors (Lipinski definition) is 5. The van der Waals surface area contributed by atoms with Gasteiger partial charge in [0, 0.05) is 13.0 Å². The van der Waals surface area contributed by atoms with Crippen molar-refractivity contribution in [1.29, 1.82) is 0 Å². The van der Waals surface area contributed by atoms with E-state index in [9.17, 15) is 9.18 Å². The first-order valence-electron chi connectivity index (χ1n) is 7.17. The normalized spacial score (nSPS) is 17.7. The molecule has 0 aromatic carbocycles. The van der Waals surface area contributed by atoms with Crippen molar-refractivity contribution in [2.45, 2.75) is 25.9 Å². The summed E-state index contributed by atoms with van der Waals surface area (Å²) < 4.78 is 24.8. The number of aromatic nitrogens is 2. The smallest absolute Gasteiger partial charge is 0.289 e. The van der Waals surface area contributed by atoms with E-state index in [1.807, 2.05) is 6.92 Å². The predicted octanol–water partition coefficient (Wildman–Crippen LogP) is 2.06. The van der Waals surface area contributed by atoms with E-state index in [-0.39, 0.29) is 17.9 Å². The Labute approximate surface area is 126 Å². The van der Waals surface area contributed by atoms with Crippen molar-refractivity contribution in [2.24, 2.45) is 0 Å². The molecule has 7 heteroatoms. The SMILES string of the molecule is CCc1ncnc(O[C@@H]2CCN(C(=O)c3ccco3)C2)c1F. The fraction of sp³-hybridized carbons (Fsp3) is 0.400. The van der Waals surface area contributed by atoms with Crippen molar-refractivity contribution < 1.29 is 18.3 Å². The van der Waals surface area contributed by atoms with Gasteiger partial charge in [0.05, 0.1) is 18.5 Å². The van der Waals surface area contributed by atoms with Crippen LogP contribution >= 0.6 is 0 Å². The number of nitrogens with zero attached hydrogens (tertiary/aromatic N) is 3. The molecule has 22 heavy (non-hydrogen) atoms. The van der Waals surface area contributed by atoms with Gasteiger partial charge in [-0.2, -0.15) is 9.37 Å². The van der Waals surface area contributed by atoms with Gasteiger partial charge in [-0.05, 0) is 18.6 Å². The zero-order valence-corrected chi connectivity index (χ0v) is 12.2. The zero-order valence-electron chi connectivity index (χ0n) is 12.2. The average molecular weight is 305 g/mol. The minimum absolute atomic E-state index is 0.0517. The summed E-state index contributed by atoms with van der Waals surface area (Å²) in [7, 11) is 0. The van der Waals surface area contributed by atoms with Crippen molar-refractivity contribution in [2.75, 3.05) is 13.1 Å². The Morgan fingerprint density at radius 2 is 2.41 bits per heavy atom. The molecule has 2 aromatic rings. The molecule has 0 N–H and O–H groups in total. The summed E-state index contributed by atoms with van der Waals surface area (Å²) in [5.41, 5.74) is 0.325. The number of aryl methyl sites for hydroxylation is 1. The maximum absolute atomic E-state index is 14.1. The molecule has 0 radical (unpaired) electrons. The van der Waals surface area contributed by atoms with E-state index < -0.39 is 5.82 Å². The van der Waals surface area contributed by atoms with E-state index in [4.69, 9.17) is 9.15 Å². The minimum atomic E-state index is -0.527. The lowest BCUT2D eigenvalue weighted by molar-refractivity contribution is 0.0738. The summed E-state index contributed by atoms with van der Waals surface area (Å²) in [4.78, 5) is 21.5. The molecule has 1 fully saturated rings. The van der Waals surface area contributed by atoms with E-state index in [0.717, 1.165) is 0 Å². The zero-order chi connectivity index (χ0) is 15.5. The lowest BCUT2D eigenvalue weighted by Gasteiger charge is -2.16. The Balaban J connectivity index is 1.65. The van der Waals surface area contributed by atoms with Gasteiger partial charge in [-0.25, -0.2) is 4.98 Å². The van der Waals surface area contributed by atoms with Crippen LogP contribution in [0.5, 0.6) is 5.88 Å². The van der Waals surface area contributed by atoms with E-state index in [1.54, 1.807) is 17.0 Å². The second-order valence-corrected chi connectivity index (χ2v) is 5.05. The van der Waals surface area contributed by atoms with Gasteiger partial charge >= 0.3 is 0 Å². The van der Waals surface area contributed by atoms with Crippen molar-refractivity contribution in [3.8, 4) is 5.88 Å². The van der Waals surface area contributed by atoms with Gasteiger partial charge in [0.25, 0.3) is 11.8 Å². The Morgan fingerprint density at radius 3 is 3.14 bits per heavy atom. The molecule has 116 valence electrons. The lowest BCUT2D eigenvalue weighted by Crippen LogP contribution is -2.30. The van der Waals surface area contributed by atoms with Crippen LogP contribution < -0.4 is 4.74 Å². The molecule has 0 saturated carbocycles. The number of carbonyl (C=O) groups excluding carboxylic acids is 1. The second-order valence-electron chi connectivity index (χ2n) is 5.05. The van der Waals surface area contributed by atoms with Crippen molar-refractivity contribution in [1.82, 2.24) is 14.9 Å². The Morgan fingerprint density at radius 1 is 1.55 bits per heavy atom. The van der Waals surface area contributed by atoms with Crippen LogP contribution in [0.4, 0.5) is 4.39 Å². The molecular formula is C15H16FN3O3. The monoisotopic (exact) mass is 305 g/mol. The van der Waals surface area contributed by atoms with E-state index in [1.165, 1.54) is 12.6 Å². The molecule has 1 atom stereocenters. The van der Waals surface area contributed by atoms with Crippen LogP contribution in [0.3, 0.4) is 0 Å². The van der Waals surface area contributed by atoms with Gasteiger partial charge in [0.15, 0.2) is 5.76 Å². The number of carbonyl (C=O) groups is 1. The second kappa shape index (κ2) is 6.13. The molecule has 2 aromatic heterocycles. The van der Waals surface area contributed by atoms with Crippen molar-refractivity contribution in [3.63, 3.8) is 0 Å². The lowest BCUT2D eigenvalue weighted by atomic mass is 10.3. The third-order valence-electron chi connectivity index (χ3n) is 3.61. The van der Waals surface area contributed by atoms with E-state index in [2.05, 4.69) is 9.97 Å². The van der Waals surface area contributed by atoms with Crippen molar-refractivity contribution in [3.05, 3.63) is 42.0 Å².